The van der Waals surface area contributed by atoms with E-state index in [1.807, 2.05) is 4.57 Å². The SMILES string of the molecule is CCSc1nc2c(c(=O)n1CC(C)C)C1(CCCCC1)Cc1ccccc1-2. The summed E-state index contributed by atoms with van der Waals surface area (Å²) in [5.41, 5.74) is 4.74. The van der Waals surface area contributed by atoms with Crippen LogP contribution in [0.5, 0.6) is 0 Å². The van der Waals surface area contributed by atoms with Crippen LogP contribution in [0.3, 0.4) is 0 Å². The molecule has 2 aliphatic carbocycles. The predicted molar refractivity (Wildman–Crippen MR) is 114 cm³/mol. The molecule has 1 heterocycles. The highest BCUT2D eigenvalue weighted by atomic mass is 32.2. The Balaban J connectivity index is 2.01. The first-order chi connectivity index (χ1) is 13.1. The lowest BCUT2D eigenvalue weighted by Crippen LogP contribution is -2.43. The first-order valence-electron chi connectivity index (χ1n) is 10.4. The molecular weight excluding hydrogens is 352 g/mol. The maximum Gasteiger partial charge on any atom is 0.258 e. The van der Waals surface area contributed by atoms with Crippen molar-refractivity contribution in [2.24, 2.45) is 5.92 Å². The average Bonchev–Trinajstić information content (AvgIpc) is 2.65. The van der Waals surface area contributed by atoms with E-state index in [9.17, 15) is 4.79 Å². The summed E-state index contributed by atoms with van der Waals surface area (Å²) in [6.07, 6.45) is 6.96. The average molecular weight is 383 g/mol. The Labute approximate surface area is 166 Å². The minimum absolute atomic E-state index is 0.0137. The number of thioether (sulfide) groups is 1. The van der Waals surface area contributed by atoms with Crippen molar-refractivity contribution in [2.75, 3.05) is 5.75 Å². The number of nitrogens with zero attached hydrogens (tertiary/aromatic N) is 2. The molecule has 1 fully saturated rings. The van der Waals surface area contributed by atoms with Gasteiger partial charge in [-0.05, 0) is 36.5 Å². The molecule has 144 valence electrons. The summed E-state index contributed by atoms with van der Waals surface area (Å²) in [5.74, 6) is 1.35. The standard InChI is InChI=1S/C23H30N2OS/c1-4-27-22-24-20-18-11-7-6-10-17(18)14-23(12-8-5-9-13-23)19(20)21(26)25(22)15-16(2)3/h6-7,10-11,16H,4-5,8-9,12-15H2,1-3H3. The highest BCUT2D eigenvalue weighted by Gasteiger charge is 2.43. The zero-order valence-corrected chi connectivity index (χ0v) is 17.6. The van der Waals surface area contributed by atoms with Crippen LogP contribution in [0.25, 0.3) is 11.3 Å². The third-order valence-corrected chi connectivity index (χ3v) is 6.96. The summed E-state index contributed by atoms with van der Waals surface area (Å²) in [4.78, 5) is 19.0. The fourth-order valence-electron chi connectivity index (χ4n) is 4.99. The van der Waals surface area contributed by atoms with Gasteiger partial charge in [0.05, 0.1) is 11.3 Å². The number of aromatic nitrogens is 2. The van der Waals surface area contributed by atoms with Gasteiger partial charge in [-0.2, -0.15) is 0 Å². The Hall–Kier alpha value is -1.55. The van der Waals surface area contributed by atoms with Gasteiger partial charge in [-0.25, -0.2) is 4.98 Å². The summed E-state index contributed by atoms with van der Waals surface area (Å²) >= 11 is 1.69. The smallest absolute Gasteiger partial charge is 0.258 e. The van der Waals surface area contributed by atoms with Crippen LogP contribution < -0.4 is 5.56 Å². The molecule has 1 spiro atoms. The van der Waals surface area contributed by atoms with Crippen LogP contribution in [0.1, 0.15) is 64.0 Å². The maximum absolute atomic E-state index is 13.8. The first-order valence-corrected chi connectivity index (χ1v) is 11.4. The fourth-order valence-corrected chi connectivity index (χ4v) is 5.71. The molecule has 2 aliphatic rings. The van der Waals surface area contributed by atoms with Crippen molar-refractivity contribution in [3.63, 3.8) is 0 Å². The van der Waals surface area contributed by atoms with Gasteiger partial charge in [0.2, 0.25) is 0 Å². The van der Waals surface area contributed by atoms with Gasteiger partial charge in [0.15, 0.2) is 5.16 Å². The zero-order valence-electron chi connectivity index (χ0n) is 16.8. The lowest BCUT2D eigenvalue weighted by atomic mass is 9.62. The number of fused-ring (bicyclic) bond motifs is 4. The molecule has 0 radical (unpaired) electrons. The summed E-state index contributed by atoms with van der Waals surface area (Å²) in [6, 6.07) is 8.60. The molecule has 4 rings (SSSR count). The predicted octanol–water partition coefficient (Wildman–Crippen LogP) is 5.44. The maximum atomic E-state index is 13.8. The monoisotopic (exact) mass is 382 g/mol. The Morgan fingerprint density at radius 1 is 1.19 bits per heavy atom. The lowest BCUT2D eigenvalue weighted by Gasteiger charge is -2.42. The molecule has 0 N–H and O–H groups in total. The van der Waals surface area contributed by atoms with Gasteiger partial charge in [-0.1, -0.05) is 76.1 Å². The molecule has 3 nitrogen and oxygen atoms in total. The molecule has 1 aromatic carbocycles. The minimum atomic E-state index is -0.0137. The van der Waals surface area contributed by atoms with Gasteiger partial charge >= 0.3 is 0 Å². The third kappa shape index (κ3) is 3.26. The van der Waals surface area contributed by atoms with E-state index < -0.39 is 0 Å². The van der Waals surface area contributed by atoms with Crippen molar-refractivity contribution in [2.45, 2.75) is 76.4 Å². The molecule has 1 aromatic heterocycles. The van der Waals surface area contributed by atoms with Gasteiger partial charge in [0.25, 0.3) is 5.56 Å². The van der Waals surface area contributed by atoms with E-state index >= 15 is 0 Å². The second-order valence-electron chi connectivity index (χ2n) is 8.54. The largest absolute Gasteiger partial charge is 0.287 e. The topological polar surface area (TPSA) is 34.9 Å². The Kier molecular flexibility index (Phi) is 5.19. The van der Waals surface area contributed by atoms with Crippen LogP contribution in [0.15, 0.2) is 34.2 Å². The Morgan fingerprint density at radius 3 is 2.63 bits per heavy atom. The second kappa shape index (κ2) is 7.46. The summed E-state index contributed by atoms with van der Waals surface area (Å²) < 4.78 is 1.97. The number of hydrogen-bond acceptors (Lipinski definition) is 3. The molecule has 0 saturated heterocycles. The fraction of sp³-hybridized carbons (Fsp3) is 0.565. The lowest BCUT2D eigenvalue weighted by molar-refractivity contribution is 0.281. The molecule has 0 aliphatic heterocycles. The van der Waals surface area contributed by atoms with Gasteiger partial charge in [0, 0.05) is 17.5 Å². The second-order valence-corrected chi connectivity index (χ2v) is 9.77. The molecule has 2 aromatic rings. The van der Waals surface area contributed by atoms with Gasteiger partial charge in [0.1, 0.15) is 0 Å². The van der Waals surface area contributed by atoms with Gasteiger partial charge < -0.3 is 0 Å². The van der Waals surface area contributed by atoms with Crippen LogP contribution in [0.4, 0.5) is 0 Å². The van der Waals surface area contributed by atoms with Crippen molar-refractivity contribution in [1.82, 2.24) is 9.55 Å². The van der Waals surface area contributed by atoms with Crippen molar-refractivity contribution in [3.8, 4) is 11.3 Å². The van der Waals surface area contributed by atoms with Crippen LogP contribution >= 0.6 is 11.8 Å². The Morgan fingerprint density at radius 2 is 1.93 bits per heavy atom. The summed E-state index contributed by atoms with van der Waals surface area (Å²) in [5, 5.41) is 0.887. The van der Waals surface area contributed by atoms with Crippen LogP contribution in [0, 0.1) is 5.92 Å². The van der Waals surface area contributed by atoms with E-state index in [1.165, 1.54) is 30.4 Å². The van der Waals surface area contributed by atoms with E-state index in [-0.39, 0.29) is 11.0 Å². The molecule has 0 amide bonds. The molecule has 4 heteroatoms. The van der Waals surface area contributed by atoms with Crippen LogP contribution in [-0.4, -0.2) is 15.3 Å². The number of benzene rings is 1. The van der Waals surface area contributed by atoms with Crippen molar-refractivity contribution in [3.05, 3.63) is 45.7 Å². The van der Waals surface area contributed by atoms with E-state index in [2.05, 4.69) is 45.0 Å². The van der Waals surface area contributed by atoms with E-state index in [0.29, 0.717) is 5.92 Å². The van der Waals surface area contributed by atoms with Crippen molar-refractivity contribution >= 4 is 11.8 Å². The zero-order chi connectivity index (χ0) is 19.0. The quantitative estimate of drug-likeness (QED) is 0.522. The van der Waals surface area contributed by atoms with Gasteiger partial charge in [-0.3, -0.25) is 9.36 Å². The molecular formula is C23H30N2OS. The number of hydrogen-bond donors (Lipinski definition) is 0. The van der Waals surface area contributed by atoms with Gasteiger partial charge in [-0.15, -0.1) is 0 Å². The molecule has 0 atom stereocenters. The van der Waals surface area contributed by atoms with Crippen molar-refractivity contribution < 1.29 is 0 Å². The normalized spacial score (nSPS) is 17.8. The minimum Gasteiger partial charge on any atom is -0.287 e. The molecule has 0 unspecified atom stereocenters. The molecule has 1 saturated carbocycles. The van der Waals surface area contributed by atoms with E-state index in [4.69, 9.17) is 4.98 Å². The molecule has 27 heavy (non-hydrogen) atoms. The highest BCUT2D eigenvalue weighted by Crippen LogP contribution is 2.48. The number of rotatable bonds is 4. The van der Waals surface area contributed by atoms with Crippen molar-refractivity contribution in [1.29, 1.82) is 0 Å². The summed E-state index contributed by atoms with van der Waals surface area (Å²) in [6.45, 7) is 7.24. The highest BCUT2D eigenvalue weighted by molar-refractivity contribution is 7.99. The van der Waals surface area contributed by atoms with Crippen LogP contribution in [-0.2, 0) is 18.4 Å². The first kappa shape index (κ1) is 18.8. The summed E-state index contributed by atoms with van der Waals surface area (Å²) in [7, 11) is 0. The van der Waals surface area contributed by atoms with Crippen LogP contribution in [0.2, 0.25) is 0 Å². The third-order valence-electron chi connectivity index (χ3n) is 6.10. The van der Waals surface area contributed by atoms with E-state index in [1.54, 1.807) is 11.8 Å². The van der Waals surface area contributed by atoms with E-state index in [0.717, 1.165) is 48.0 Å². The molecule has 0 bridgehead atoms. The Bertz CT molecular complexity index is 894.